The van der Waals surface area contributed by atoms with Crippen molar-refractivity contribution in [3.63, 3.8) is 0 Å². The van der Waals surface area contributed by atoms with Gasteiger partial charge in [-0.1, -0.05) is 25.5 Å². The fraction of sp³-hybridized carbons (Fsp3) is 0.765. The zero-order chi connectivity index (χ0) is 16.2. The highest BCUT2D eigenvalue weighted by Gasteiger charge is 2.62. The van der Waals surface area contributed by atoms with E-state index in [0.29, 0.717) is 12.8 Å². The van der Waals surface area contributed by atoms with E-state index in [1.807, 2.05) is 26.8 Å². The van der Waals surface area contributed by atoms with Gasteiger partial charge < -0.3 is 14.6 Å². The number of carbonyl (C=O) groups is 2. The maximum absolute atomic E-state index is 12.1. The van der Waals surface area contributed by atoms with Crippen molar-refractivity contribution in [1.29, 1.82) is 0 Å². The molecular weight excluding hydrogens is 284 g/mol. The Labute approximate surface area is 130 Å². The van der Waals surface area contributed by atoms with Gasteiger partial charge in [-0.2, -0.15) is 0 Å². The summed E-state index contributed by atoms with van der Waals surface area (Å²) in [7, 11) is 0. The third-order valence-electron chi connectivity index (χ3n) is 5.92. The molecule has 122 valence electrons. The number of hydrogen-bond donors (Lipinski definition) is 1. The number of aliphatic hydroxyl groups is 1. The molecule has 2 fully saturated rings. The zero-order valence-corrected chi connectivity index (χ0v) is 13.5. The summed E-state index contributed by atoms with van der Waals surface area (Å²) in [5.41, 5.74) is 0.718. The summed E-state index contributed by atoms with van der Waals surface area (Å²) < 4.78 is 11.2. The smallest absolute Gasteiger partial charge is 0.309 e. The first-order valence-corrected chi connectivity index (χ1v) is 7.98. The lowest BCUT2D eigenvalue weighted by molar-refractivity contribution is -0.175. The van der Waals surface area contributed by atoms with Crippen LogP contribution in [0.25, 0.3) is 0 Å². The van der Waals surface area contributed by atoms with E-state index in [1.165, 1.54) is 6.92 Å². The van der Waals surface area contributed by atoms with Crippen LogP contribution in [0.1, 0.15) is 40.5 Å². The van der Waals surface area contributed by atoms with Crippen molar-refractivity contribution in [1.82, 2.24) is 0 Å². The van der Waals surface area contributed by atoms with Gasteiger partial charge in [0.25, 0.3) is 0 Å². The van der Waals surface area contributed by atoms with E-state index >= 15 is 0 Å². The first kappa shape index (κ1) is 15.5. The highest BCUT2D eigenvalue weighted by molar-refractivity contribution is 5.75. The van der Waals surface area contributed by atoms with Gasteiger partial charge in [0.15, 0.2) is 0 Å². The Morgan fingerprint density at radius 2 is 2.18 bits per heavy atom. The fourth-order valence-corrected chi connectivity index (χ4v) is 4.81. The topological polar surface area (TPSA) is 72.8 Å². The third-order valence-corrected chi connectivity index (χ3v) is 5.92. The number of carbonyl (C=O) groups excluding carboxylic acids is 2. The van der Waals surface area contributed by atoms with E-state index in [-0.39, 0.29) is 41.9 Å². The lowest BCUT2D eigenvalue weighted by Gasteiger charge is -2.53. The van der Waals surface area contributed by atoms with Crippen LogP contribution < -0.4 is 0 Å². The monoisotopic (exact) mass is 308 g/mol. The molecule has 0 aromatic heterocycles. The van der Waals surface area contributed by atoms with Gasteiger partial charge in [-0.25, -0.2) is 0 Å². The molecule has 7 atom stereocenters. The average Bonchev–Trinajstić information content (AvgIpc) is 2.70. The van der Waals surface area contributed by atoms with E-state index in [1.54, 1.807) is 0 Å². The molecule has 0 unspecified atom stereocenters. The molecule has 1 saturated heterocycles. The molecule has 22 heavy (non-hydrogen) atoms. The molecule has 0 aromatic carbocycles. The highest BCUT2D eigenvalue weighted by Crippen LogP contribution is 2.57. The summed E-state index contributed by atoms with van der Waals surface area (Å²) in [6.45, 7) is 7.27. The molecule has 0 spiro atoms. The summed E-state index contributed by atoms with van der Waals surface area (Å²) in [4.78, 5) is 23.6. The molecule has 3 aliphatic rings. The van der Waals surface area contributed by atoms with E-state index in [2.05, 4.69) is 0 Å². The van der Waals surface area contributed by atoms with Crippen molar-refractivity contribution < 1.29 is 24.2 Å². The van der Waals surface area contributed by atoms with Gasteiger partial charge in [-0.05, 0) is 19.8 Å². The minimum Gasteiger partial charge on any atom is -0.462 e. The summed E-state index contributed by atoms with van der Waals surface area (Å²) in [5.74, 6) is -1.02. The maximum Gasteiger partial charge on any atom is 0.309 e. The number of esters is 2. The molecule has 5 heteroatoms. The minimum atomic E-state index is -0.519. The van der Waals surface area contributed by atoms with Crippen LogP contribution >= 0.6 is 0 Å². The zero-order valence-electron chi connectivity index (χ0n) is 13.5. The van der Waals surface area contributed by atoms with Gasteiger partial charge in [0.1, 0.15) is 12.2 Å². The fourth-order valence-electron chi connectivity index (χ4n) is 4.81. The van der Waals surface area contributed by atoms with Gasteiger partial charge in [0.05, 0.1) is 12.0 Å². The first-order valence-electron chi connectivity index (χ1n) is 7.98. The third kappa shape index (κ3) is 2.09. The first-order chi connectivity index (χ1) is 10.3. The van der Waals surface area contributed by atoms with Crippen molar-refractivity contribution in [3.8, 4) is 0 Å². The molecule has 1 N–H and O–H groups in total. The van der Waals surface area contributed by atoms with Gasteiger partial charge >= 0.3 is 11.9 Å². The van der Waals surface area contributed by atoms with Crippen LogP contribution in [0.5, 0.6) is 0 Å². The maximum atomic E-state index is 12.1. The number of ether oxygens (including phenoxy) is 2. The quantitative estimate of drug-likeness (QED) is 0.591. The van der Waals surface area contributed by atoms with E-state index in [0.717, 1.165) is 5.57 Å². The highest BCUT2D eigenvalue weighted by atomic mass is 16.6. The second-order valence-corrected chi connectivity index (χ2v) is 7.30. The Balaban J connectivity index is 2.04. The Morgan fingerprint density at radius 3 is 2.82 bits per heavy atom. The van der Waals surface area contributed by atoms with Crippen LogP contribution in [0.15, 0.2) is 11.6 Å². The van der Waals surface area contributed by atoms with Crippen molar-refractivity contribution in [2.24, 2.45) is 23.2 Å². The van der Waals surface area contributed by atoms with Gasteiger partial charge in [0, 0.05) is 24.2 Å². The van der Waals surface area contributed by atoms with E-state index < -0.39 is 11.5 Å². The SMILES string of the molecule is CC(=O)O[C@@H]1C[C@@]2(C)[C@H](O)CC=C(C)[C@@H]2[C@H]2OC(=O)[C@H](C)[C@@H]21. The Bertz CT molecular complexity index is 539. The largest absolute Gasteiger partial charge is 0.462 e. The number of rotatable bonds is 1. The lowest BCUT2D eigenvalue weighted by atomic mass is 9.54. The molecule has 1 heterocycles. The second-order valence-electron chi connectivity index (χ2n) is 7.30. The van der Waals surface area contributed by atoms with Crippen LogP contribution in [0, 0.1) is 23.2 Å². The Hall–Kier alpha value is -1.36. The molecule has 5 nitrogen and oxygen atoms in total. The molecule has 0 bridgehead atoms. The van der Waals surface area contributed by atoms with E-state index in [4.69, 9.17) is 9.47 Å². The molecule has 1 saturated carbocycles. The predicted molar refractivity (Wildman–Crippen MR) is 78.7 cm³/mol. The number of aliphatic hydroxyl groups excluding tert-OH is 1. The predicted octanol–water partition coefficient (Wildman–Crippen LogP) is 1.83. The van der Waals surface area contributed by atoms with E-state index in [9.17, 15) is 14.7 Å². The standard InChI is InChI=1S/C17H24O5/c1-8-5-6-12(19)17(4)7-11(21-10(3)18)13-9(2)16(20)22-15(13)14(8)17/h5,9,11-15,19H,6-7H2,1-4H3/t9-,11-,12-,13-,14-,15+,17+/m1/s1. The molecule has 3 rings (SSSR count). The summed E-state index contributed by atoms with van der Waals surface area (Å²) in [6, 6.07) is 0. The van der Waals surface area contributed by atoms with Crippen molar-refractivity contribution >= 4 is 11.9 Å². The molecule has 0 aromatic rings. The number of fused-ring (bicyclic) bond motifs is 3. The van der Waals surface area contributed by atoms with Crippen LogP contribution in [-0.2, 0) is 19.1 Å². The normalized spacial score (nSPS) is 47.1. The van der Waals surface area contributed by atoms with Gasteiger partial charge in [-0.15, -0.1) is 0 Å². The lowest BCUT2D eigenvalue weighted by Crippen LogP contribution is -2.58. The average molecular weight is 308 g/mol. The Kier molecular flexibility index (Phi) is 3.59. The summed E-state index contributed by atoms with van der Waals surface area (Å²) in [5, 5.41) is 10.6. The summed E-state index contributed by atoms with van der Waals surface area (Å²) >= 11 is 0. The molecule has 2 aliphatic carbocycles. The molecule has 0 radical (unpaired) electrons. The minimum absolute atomic E-state index is 0.0121. The Morgan fingerprint density at radius 1 is 1.50 bits per heavy atom. The molecule has 0 amide bonds. The van der Waals surface area contributed by atoms with Gasteiger partial charge in [-0.3, -0.25) is 9.59 Å². The molecule has 1 aliphatic heterocycles. The van der Waals surface area contributed by atoms with Gasteiger partial charge in [0.2, 0.25) is 0 Å². The van der Waals surface area contributed by atoms with Crippen LogP contribution in [0.2, 0.25) is 0 Å². The van der Waals surface area contributed by atoms with Crippen LogP contribution in [-0.4, -0.2) is 35.4 Å². The van der Waals surface area contributed by atoms with Crippen LogP contribution in [0.3, 0.4) is 0 Å². The van der Waals surface area contributed by atoms with Crippen molar-refractivity contribution in [2.75, 3.05) is 0 Å². The van der Waals surface area contributed by atoms with Crippen LogP contribution in [0.4, 0.5) is 0 Å². The summed E-state index contributed by atoms with van der Waals surface area (Å²) in [6.07, 6.45) is 1.97. The molecular formula is C17H24O5. The van der Waals surface area contributed by atoms with Crippen molar-refractivity contribution in [3.05, 3.63) is 11.6 Å². The second kappa shape index (κ2) is 5.08. The number of hydrogen-bond acceptors (Lipinski definition) is 5. The van der Waals surface area contributed by atoms with Crippen molar-refractivity contribution in [2.45, 2.75) is 58.8 Å².